The van der Waals surface area contributed by atoms with Crippen molar-refractivity contribution in [3.8, 4) is 0 Å². The van der Waals surface area contributed by atoms with Crippen molar-refractivity contribution in [1.29, 1.82) is 0 Å². The first-order valence-corrected chi connectivity index (χ1v) is 6.24. The lowest BCUT2D eigenvalue weighted by Crippen LogP contribution is -2.22. The van der Waals surface area contributed by atoms with Crippen LogP contribution in [0, 0.1) is 11.8 Å². The van der Waals surface area contributed by atoms with E-state index in [2.05, 4.69) is 17.3 Å². The number of hydrogen-bond acceptors (Lipinski definition) is 2. The predicted octanol–water partition coefficient (Wildman–Crippen LogP) is 1.72. The zero-order chi connectivity index (χ0) is 9.80. The van der Waals surface area contributed by atoms with Gasteiger partial charge in [0.2, 0.25) is 0 Å². The minimum atomic E-state index is 0.976. The van der Waals surface area contributed by atoms with Gasteiger partial charge < -0.3 is 10.2 Å². The minimum Gasteiger partial charge on any atom is -0.316 e. The van der Waals surface area contributed by atoms with Crippen molar-refractivity contribution in [3.05, 3.63) is 0 Å². The summed E-state index contributed by atoms with van der Waals surface area (Å²) in [5.74, 6) is 2.03. The Kier molecular flexibility index (Phi) is 3.82. The fourth-order valence-electron chi connectivity index (χ4n) is 2.44. The molecule has 1 aliphatic heterocycles. The molecule has 1 unspecified atom stereocenters. The molecule has 1 aliphatic carbocycles. The highest BCUT2D eigenvalue weighted by Gasteiger charge is 2.22. The molecule has 0 spiro atoms. The van der Waals surface area contributed by atoms with Gasteiger partial charge in [-0.25, -0.2) is 0 Å². The normalized spacial score (nSPS) is 27.4. The third-order valence-corrected chi connectivity index (χ3v) is 3.58. The van der Waals surface area contributed by atoms with E-state index in [0.29, 0.717) is 0 Å². The highest BCUT2D eigenvalue weighted by atomic mass is 15.1. The Morgan fingerprint density at radius 2 is 2.07 bits per heavy atom. The first-order chi connectivity index (χ1) is 6.84. The smallest absolute Gasteiger partial charge is 0.000661 e. The van der Waals surface area contributed by atoms with Gasteiger partial charge in [0, 0.05) is 6.54 Å². The minimum absolute atomic E-state index is 0.976. The van der Waals surface area contributed by atoms with Gasteiger partial charge in [-0.2, -0.15) is 0 Å². The standard InChI is InChI=1S/C12H24N2/c1-14(10-12-4-5-12)8-2-3-11-6-7-13-9-11/h11-13H,2-10H2,1H3. The summed E-state index contributed by atoms with van der Waals surface area (Å²) in [6, 6.07) is 0. The first kappa shape index (κ1) is 10.4. The molecule has 2 rings (SSSR count). The molecular formula is C12H24N2. The van der Waals surface area contributed by atoms with Crippen molar-refractivity contribution >= 4 is 0 Å². The molecule has 1 saturated carbocycles. The maximum absolute atomic E-state index is 3.44. The van der Waals surface area contributed by atoms with Crippen LogP contribution in [0.15, 0.2) is 0 Å². The average Bonchev–Trinajstić information content (AvgIpc) is 2.82. The quantitative estimate of drug-likeness (QED) is 0.696. The molecule has 14 heavy (non-hydrogen) atoms. The Morgan fingerprint density at radius 1 is 1.21 bits per heavy atom. The number of nitrogens with one attached hydrogen (secondary N) is 1. The fraction of sp³-hybridized carbons (Fsp3) is 1.00. The van der Waals surface area contributed by atoms with Gasteiger partial charge >= 0.3 is 0 Å². The van der Waals surface area contributed by atoms with Gasteiger partial charge in [0.15, 0.2) is 0 Å². The zero-order valence-corrected chi connectivity index (χ0v) is 9.47. The van der Waals surface area contributed by atoms with Gasteiger partial charge in [-0.05, 0) is 70.6 Å². The lowest BCUT2D eigenvalue weighted by molar-refractivity contribution is 0.303. The summed E-state index contributed by atoms with van der Waals surface area (Å²) < 4.78 is 0. The van der Waals surface area contributed by atoms with Crippen LogP contribution in [-0.2, 0) is 0 Å². The molecule has 2 heteroatoms. The second-order valence-electron chi connectivity index (χ2n) is 5.21. The molecule has 0 aromatic carbocycles. The maximum Gasteiger partial charge on any atom is 0.000661 e. The highest BCUT2D eigenvalue weighted by molar-refractivity contribution is 4.76. The fourth-order valence-corrected chi connectivity index (χ4v) is 2.44. The van der Waals surface area contributed by atoms with E-state index in [4.69, 9.17) is 0 Å². The van der Waals surface area contributed by atoms with Crippen LogP contribution < -0.4 is 5.32 Å². The van der Waals surface area contributed by atoms with Crippen molar-refractivity contribution in [2.45, 2.75) is 32.1 Å². The summed E-state index contributed by atoms with van der Waals surface area (Å²) in [6.07, 6.45) is 7.21. The third-order valence-electron chi connectivity index (χ3n) is 3.58. The molecule has 2 aliphatic rings. The molecule has 2 nitrogen and oxygen atoms in total. The maximum atomic E-state index is 3.44. The average molecular weight is 196 g/mol. The van der Waals surface area contributed by atoms with Crippen LogP contribution in [0.3, 0.4) is 0 Å². The molecule has 1 N–H and O–H groups in total. The largest absolute Gasteiger partial charge is 0.316 e. The molecule has 0 aromatic heterocycles. The molecule has 0 radical (unpaired) electrons. The predicted molar refractivity (Wildman–Crippen MR) is 60.4 cm³/mol. The molecule has 0 bridgehead atoms. The van der Waals surface area contributed by atoms with Gasteiger partial charge in [-0.3, -0.25) is 0 Å². The molecule has 1 saturated heterocycles. The number of hydrogen-bond donors (Lipinski definition) is 1. The number of nitrogens with zero attached hydrogens (tertiary/aromatic N) is 1. The summed E-state index contributed by atoms with van der Waals surface area (Å²) in [5, 5.41) is 3.44. The molecule has 1 heterocycles. The Morgan fingerprint density at radius 3 is 2.71 bits per heavy atom. The van der Waals surface area contributed by atoms with Gasteiger partial charge in [0.1, 0.15) is 0 Å². The SMILES string of the molecule is CN(CCCC1CCNC1)CC1CC1. The Labute approximate surface area is 88.1 Å². The van der Waals surface area contributed by atoms with E-state index < -0.39 is 0 Å². The second-order valence-corrected chi connectivity index (χ2v) is 5.21. The van der Waals surface area contributed by atoms with Crippen molar-refractivity contribution in [2.75, 3.05) is 33.2 Å². The topological polar surface area (TPSA) is 15.3 Å². The zero-order valence-electron chi connectivity index (χ0n) is 9.47. The lowest BCUT2D eigenvalue weighted by atomic mass is 10.0. The van der Waals surface area contributed by atoms with E-state index >= 15 is 0 Å². The van der Waals surface area contributed by atoms with E-state index in [1.807, 2.05) is 0 Å². The van der Waals surface area contributed by atoms with Gasteiger partial charge in [0.05, 0.1) is 0 Å². The lowest BCUT2D eigenvalue weighted by Gasteiger charge is -2.17. The van der Waals surface area contributed by atoms with Crippen LogP contribution in [0.5, 0.6) is 0 Å². The van der Waals surface area contributed by atoms with Crippen molar-refractivity contribution < 1.29 is 0 Å². The molecule has 1 atom stereocenters. The highest BCUT2D eigenvalue weighted by Crippen LogP contribution is 2.29. The Balaban J connectivity index is 1.48. The van der Waals surface area contributed by atoms with Crippen LogP contribution in [0.2, 0.25) is 0 Å². The Bertz CT molecular complexity index is 160. The number of rotatable bonds is 6. The molecule has 0 aromatic rings. The molecule has 82 valence electrons. The molecule has 2 fully saturated rings. The van der Waals surface area contributed by atoms with Gasteiger partial charge in [-0.1, -0.05) is 0 Å². The molecule has 0 amide bonds. The van der Waals surface area contributed by atoms with Gasteiger partial charge in [0.25, 0.3) is 0 Å². The summed E-state index contributed by atoms with van der Waals surface area (Å²) in [4.78, 5) is 2.53. The summed E-state index contributed by atoms with van der Waals surface area (Å²) in [7, 11) is 2.28. The summed E-state index contributed by atoms with van der Waals surface area (Å²) in [6.45, 7) is 5.19. The van der Waals surface area contributed by atoms with E-state index in [0.717, 1.165) is 11.8 Å². The first-order valence-electron chi connectivity index (χ1n) is 6.24. The van der Waals surface area contributed by atoms with Crippen LogP contribution in [0.25, 0.3) is 0 Å². The van der Waals surface area contributed by atoms with Crippen molar-refractivity contribution in [3.63, 3.8) is 0 Å². The third kappa shape index (κ3) is 3.58. The van der Waals surface area contributed by atoms with E-state index in [1.54, 1.807) is 0 Å². The van der Waals surface area contributed by atoms with Crippen molar-refractivity contribution in [1.82, 2.24) is 10.2 Å². The van der Waals surface area contributed by atoms with Gasteiger partial charge in [-0.15, -0.1) is 0 Å². The monoisotopic (exact) mass is 196 g/mol. The second kappa shape index (κ2) is 5.13. The van der Waals surface area contributed by atoms with Crippen LogP contribution in [0.1, 0.15) is 32.1 Å². The van der Waals surface area contributed by atoms with Crippen LogP contribution >= 0.6 is 0 Å². The van der Waals surface area contributed by atoms with E-state index in [9.17, 15) is 0 Å². The van der Waals surface area contributed by atoms with Crippen LogP contribution in [-0.4, -0.2) is 38.1 Å². The Hall–Kier alpha value is -0.0800. The van der Waals surface area contributed by atoms with Crippen LogP contribution in [0.4, 0.5) is 0 Å². The summed E-state index contributed by atoms with van der Waals surface area (Å²) >= 11 is 0. The van der Waals surface area contributed by atoms with E-state index in [1.165, 1.54) is 58.3 Å². The molecular weight excluding hydrogens is 172 g/mol. The summed E-state index contributed by atoms with van der Waals surface area (Å²) in [5.41, 5.74) is 0. The van der Waals surface area contributed by atoms with E-state index in [-0.39, 0.29) is 0 Å². The van der Waals surface area contributed by atoms with Crippen molar-refractivity contribution in [2.24, 2.45) is 11.8 Å².